The third-order valence-corrected chi connectivity index (χ3v) is 5.11. The normalized spacial score (nSPS) is 14.8. The summed E-state index contributed by atoms with van der Waals surface area (Å²) in [5, 5.41) is 15.0. The summed E-state index contributed by atoms with van der Waals surface area (Å²) in [7, 11) is 0. The van der Waals surface area contributed by atoms with E-state index in [4.69, 9.17) is 16.9 Å². The number of amides is 2. The minimum atomic E-state index is -0.0663. The fourth-order valence-corrected chi connectivity index (χ4v) is 3.32. The Morgan fingerprint density at radius 3 is 2.48 bits per heavy atom. The van der Waals surface area contributed by atoms with Crippen LogP contribution in [0.3, 0.4) is 0 Å². The fraction of sp³-hybridized carbons (Fsp3) is 0.333. The Morgan fingerprint density at radius 1 is 1.14 bits per heavy atom. The van der Waals surface area contributed by atoms with E-state index in [9.17, 15) is 9.59 Å². The smallest absolute Gasteiger partial charge is 0.228 e. The second-order valence-electron chi connectivity index (χ2n) is 6.95. The number of hydrogen-bond acceptors (Lipinski definition) is 5. The third-order valence-electron chi connectivity index (χ3n) is 4.89. The van der Waals surface area contributed by atoms with Gasteiger partial charge in [0.15, 0.2) is 0 Å². The Balaban J connectivity index is 1.37. The topological polar surface area (TPSA) is 98.1 Å². The van der Waals surface area contributed by atoms with Gasteiger partial charge in [-0.25, -0.2) is 4.98 Å². The first-order valence-electron chi connectivity index (χ1n) is 9.48. The zero-order valence-electron chi connectivity index (χ0n) is 15.9. The highest BCUT2D eigenvalue weighted by atomic mass is 35.5. The summed E-state index contributed by atoms with van der Waals surface area (Å²) >= 11 is 5.80. The highest BCUT2D eigenvalue weighted by Crippen LogP contribution is 2.20. The van der Waals surface area contributed by atoms with Crippen molar-refractivity contribution < 1.29 is 9.59 Å². The molecule has 0 atom stereocenters. The lowest BCUT2D eigenvalue weighted by atomic mass is 9.96. The quantitative estimate of drug-likeness (QED) is 0.760. The molecular formula is C21H22ClN5O2. The lowest BCUT2D eigenvalue weighted by Crippen LogP contribution is -2.39. The number of nitrogens with zero attached hydrogens (tertiary/aromatic N) is 3. The van der Waals surface area contributed by atoms with Gasteiger partial charge < -0.3 is 15.5 Å². The Labute approximate surface area is 174 Å². The molecule has 150 valence electrons. The van der Waals surface area contributed by atoms with Crippen LogP contribution in [0.15, 0.2) is 42.6 Å². The molecule has 0 unspecified atom stereocenters. The number of piperidine rings is 1. The molecule has 2 amide bonds. The van der Waals surface area contributed by atoms with Crippen LogP contribution in [0.2, 0.25) is 5.02 Å². The summed E-state index contributed by atoms with van der Waals surface area (Å²) in [5.41, 5.74) is 1.24. The number of anilines is 2. The van der Waals surface area contributed by atoms with Gasteiger partial charge in [0.25, 0.3) is 0 Å². The monoisotopic (exact) mass is 411 g/mol. The van der Waals surface area contributed by atoms with Gasteiger partial charge in [-0.1, -0.05) is 11.6 Å². The van der Waals surface area contributed by atoms with Crippen LogP contribution in [0.1, 0.15) is 24.8 Å². The van der Waals surface area contributed by atoms with Crippen molar-refractivity contribution in [3.63, 3.8) is 0 Å². The second-order valence-corrected chi connectivity index (χ2v) is 7.39. The van der Waals surface area contributed by atoms with Crippen molar-refractivity contribution in [1.29, 1.82) is 5.26 Å². The Hall–Kier alpha value is -2.95. The minimum Gasteiger partial charge on any atom is -0.326 e. The van der Waals surface area contributed by atoms with Gasteiger partial charge in [0, 0.05) is 30.8 Å². The summed E-state index contributed by atoms with van der Waals surface area (Å²) in [6.07, 6.45) is 3.38. The van der Waals surface area contributed by atoms with Crippen molar-refractivity contribution in [2.45, 2.75) is 19.3 Å². The number of benzene rings is 1. The number of pyridine rings is 1. The standard InChI is InChI=1S/C21H22ClN5O2/c22-17-3-6-19(24-14-17)26-21(29)16-7-10-27(11-8-16)12-9-20(28)25-18-4-1-15(13-23)2-5-18/h1-6,14,16H,7-12H2,(H,25,28)(H,24,26,29). The highest BCUT2D eigenvalue weighted by Gasteiger charge is 2.25. The second kappa shape index (κ2) is 10.0. The van der Waals surface area contributed by atoms with Crippen LogP contribution in [-0.4, -0.2) is 41.3 Å². The van der Waals surface area contributed by atoms with Crippen molar-refractivity contribution in [2.75, 3.05) is 30.3 Å². The zero-order chi connectivity index (χ0) is 20.6. The van der Waals surface area contributed by atoms with Crippen molar-refractivity contribution in [2.24, 2.45) is 5.92 Å². The first-order valence-corrected chi connectivity index (χ1v) is 9.86. The lowest BCUT2D eigenvalue weighted by Gasteiger charge is -2.31. The van der Waals surface area contributed by atoms with Crippen LogP contribution in [0.25, 0.3) is 0 Å². The largest absolute Gasteiger partial charge is 0.326 e. The SMILES string of the molecule is N#Cc1ccc(NC(=O)CCN2CCC(C(=O)Nc3ccc(Cl)cn3)CC2)cc1. The molecule has 1 aromatic carbocycles. The molecule has 2 aromatic rings. The highest BCUT2D eigenvalue weighted by molar-refractivity contribution is 6.30. The summed E-state index contributed by atoms with van der Waals surface area (Å²) in [4.78, 5) is 30.8. The summed E-state index contributed by atoms with van der Waals surface area (Å²) in [6, 6.07) is 12.2. The van der Waals surface area contributed by atoms with E-state index in [1.807, 2.05) is 6.07 Å². The molecule has 3 rings (SSSR count). The average molecular weight is 412 g/mol. The van der Waals surface area contributed by atoms with Crippen molar-refractivity contribution >= 4 is 34.9 Å². The van der Waals surface area contributed by atoms with Crippen LogP contribution in [0.5, 0.6) is 0 Å². The van der Waals surface area contributed by atoms with Crippen LogP contribution >= 0.6 is 11.6 Å². The molecule has 0 bridgehead atoms. The van der Waals surface area contributed by atoms with Gasteiger partial charge >= 0.3 is 0 Å². The fourth-order valence-electron chi connectivity index (χ4n) is 3.21. The lowest BCUT2D eigenvalue weighted by molar-refractivity contribution is -0.121. The summed E-state index contributed by atoms with van der Waals surface area (Å²) in [6.45, 7) is 2.20. The van der Waals surface area contributed by atoms with Gasteiger partial charge in [-0.3, -0.25) is 9.59 Å². The molecule has 1 saturated heterocycles. The number of nitrogens with one attached hydrogen (secondary N) is 2. The van der Waals surface area contributed by atoms with Gasteiger partial charge in [-0.05, 0) is 62.3 Å². The van der Waals surface area contributed by atoms with E-state index < -0.39 is 0 Å². The first kappa shape index (κ1) is 20.8. The minimum absolute atomic E-state index is 0.0296. The number of hydrogen-bond donors (Lipinski definition) is 2. The molecule has 2 heterocycles. The maximum Gasteiger partial charge on any atom is 0.228 e. The third kappa shape index (κ3) is 6.28. The molecule has 1 aliphatic heterocycles. The predicted octanol–water partition coefficient (Wildman–Crippen LogP) is 3.29. The van der Waals surface area contributed by atoms with Gasteiger partial charge in [-0.2, -0.15) is 5.26 Å². The molecule has 0 radical (unpaired) electrons. The van der Waals surface area contributed by atoms with Gasteiger partial charge in [0.2, 0.25) is 11.8 Å². The molecule has 0 aliphatic carbocycles. The summed E-state index contributed by atoms with van der Waals surface area (Å²) < 4.78 is 0. The number of halogens is 1. The predicted molar refractivity (Wildman–Crippen MR) is 111 cm³/mol. The van der Waals surface area contributed by atoms with Crippen molar-refractivity contribution in [3.05, 3.63) is 53.2 Å². The van der Waals surface area contributed by atoms with Crippen LogP contribution in [0, 0.1) is 17.2 Å². The molecule has 2 N–H and O–H groups in total. The Kier molecular flexibility index (Phi) is 7.17. The van der Waals surface area contributed by atoms with E-state index in [2.05, 4.69) is 20.5 Å². The number of carbonyl (C=O) groups excluding carboxylic acids is 2. The van der Waals surface area contributed by atoms with E-state index >= 15 is 0 Å². The van der Waals surface area contributed by atoms with Crippen molar-refractivity contribution in [1.82, 2.24) is 9.88 Å². The Morgan fingerprint density at radius 2 is 1.86 bits per heavy atom. The van der Waals surface area contributed by atoms with E-state index in [1.54, 1.807) is 36.4 Å². The first-order chi connectivity index (χ1) is 14.0. The van der Waals surface area contributed by atoms with E-state index in [0.29, 0.717) is 35.1 Å². The van der Waals surface area contributed by atoms with Gasteiger partial charge in [0.1, 0.15) is 5.82 Å². The number of nitriles is 1. The number of carbonyl (C=O) groups is 2. The van der Waals surface area contributed by atoms with Crippen LogP contribution < -0.4 is 10.6 Å². The molecule has 8 heteroatoms. The molecule has 7 nitrogen and oxygen atoms in total. The molecule has 1 fully saturated rings. The van der Waals surface area contributed by atoms with Gasteiger partial charge in [-0.15, -0.1) is 0 Å². The van der Waals surface area contributed by atoms with E-state index in [1.165, 1.54) is 6.20 Å². The molecular weight excluding hydrogens is 390 g/mol. The molecule has 0 saturated carbocycles. The number of likely N-dealkylation sites (tertiary alicyclic amines) is 1. The van der Waals surface area contributed by atoms with E-state index in [-0.39, 0.29) is 17.7 Å². The Bertz CT molecular complexity index is 885. The van der Waals surface area contributed by atoms with Gasteiger partial charge in [0.05, 0.1) is 16.7 Å². The maximum atomic E-state index is 12.4. The number of aromatic nitrogens is 1. The molecule has 1 aromatic heterocycles. The van der Waals surface area contributed by atoms with Crippen LogP contribution in [0.4, 0.5) is 11.5 Å². The summed E-state index contributed by atoms with van der Waals surface area (Å²) in [5.74, 6) is 0.346. The maximum absolute atomic E-state index is 12.4. The molecule has 1 aliphatic rings. The van der Waals surface area contributed by atoms with Crippen molar-refractivity contribution in [3.8, 4) is 6.07 Å². The molecule has 0 spiro atoms. The zero-order valence-corrected chi connectivity index (χ0v) is 16.7. The van der Waals surface area contributed by atoms with Crippen LogP contribution in [-0.2, 0) is 9.59 Å². The number of rotatable bonds is 6. The van der Waals surface area contributed by atoms with E-state index in [0.717, 1.165) is 25.9 Å². The average Bonchev–Trinajstić information content (AvgIpc) is 2.75. The molecule has 29 heavy (non-hydrogen) atoms.